The Kier molecular flexibility index (Phi) is 5.44. The lowest BCUT2D eigenvalue weighted by Crippen LogP contribution is -2.41. The quantitative estimate of drug-likeness (QED) is 0.704. The fraction of sp³-hybridized carbons (Fsp3) is 0.318. The summed E-state index contributed by atoms with van der Waals surface area (Å²) in [5.41, 5.74) is 1.01. The summed E-state index contributed by atoms with van der Waals surface area (Å²) < 4.78 is 0. The number of para-hydroxylation sites is 1. The number of aromatic amines is 1. The average Bonchev–Trinajstić information content (AvgIpc) is 2.72. The van der Waals surface area contributed by atoms with Crippen LogP contribution in [0.2, 0.25) is 5.02 Å². The molecule has 0 bridgehead atoms. The molecular weight excluding hydrogens is 374 g/mol. The van der Waals surface area contributed by atoms with Crippen LogP contribution < -0.4 is 5.56 Å². The lowest BCUT2D eigenvalue weighted by atomic mass is 9.93. The largest absolute Gasteiger partial charge is 0.328 e. The zero-order valence-corrected chi connectivity index (χ0v) is 16.3. The highest BCUT2D eigenvalue weighted by molar-refractivity contribution is 6.30. The Hall–Kier alpha value is -2.66. The summed E-state index contributed by atoms with van der Waals surface area (Å²) in [6, 6.07) is 14.4. The molecule has 1 heterocycles. The Balaban J connectivity index is 1.69. The Morgan fingerprint density at radius 2 is 1.89 bits per heavy atom. The van der Waals surface area contributed by atoms with Crippen LogP contribution in [0.4, 0.5) is 0 Å². The van der Waals surface area contributed by atoms with E-state index in [9.17, 15) is 9.59 Å². The number of halogens is 1. The van der Waals surface area contributed by atoms with Crippen LogP contribution in [0.3, 0.4) is 0 Å². The van der Waals surface area contributed by atoms with E-state index in [1.807, 2.05) is 23.1 Å². The smallest absolute Gasteiger partial charge is 0.258 e. The zero-order chi connectivity index (χ0) is 19.5. The van der Waals surface area contributed by atoms with E-state index in [2.05, 4.69) is 9.97 Å². The van der Waals surface area contributed by atoms with Crippen LogP contribution in [0, 0.1) is 0 Å². The van der Waals surface area contributed by atoms with E-state index < -0.39 is 0 Å². The molecular formula is C22H22ClN3O2. The van der Waals surface area contributed by atoms with Gasteiger partial charge in [-0.15, -0.1) is 0 Å². The van der Waals surface area contributed by atoms with Gasteiger partial charge in [0.25, 0.3) is 11.5 Å². The van der Waals surface area contributed by atoms with Crippen LogP contribution in [-0.4, -0.2) is 26.8 Å². The second kappa shape index (κ2) is 8.15. The Bertz CT molecular complexity index is 1060. The first-order chi connectivity index (χ1) is 13.6. The maximum absolute atomic E-state index is 13.3. The number of hydrogen-bond donors (Lipinski definition) is 1. The van der Waals surface area contributed by atoms with Crippen molar-refractivity contribution >= 4 is 28.4 Å². The Morgan fingerprint density at radius 1 is 1.11 bits per heavy atom. The molecule has 1 saturated carbocycles. The molecule has 144 valence electrons. The van der Waals surface area contributed by atoms with E-state index >= 15 is 0 Å². The second-order valence-corrected chi connectivity index (χ2v) is 7.70. The number of fused-ring (bicyclic) bond motifs is 1. The van der Waals surface area contributed by atoms with Crippen molar-refractivity contribution in [1.29, 1.82) is 0 Å². The van der Waals surface area contributed by atoms with Crippen LogP contribution in [0.15, 0.2) is 53.3 Å². The number of benzene rings is 2. The van der Waals surface area contributed by atoms with Gasteiger partial charge in [0.2, 0.25) is 0 Å². The highest BCUT2D eigenvalue weighted by atomic mass is 35.5. The second-order valence-electron chi connectivity index (χ2n) is 7.27. The maximum atomic E-state index is 13.3. The molecule has 4 rings (SSSR count). The van der Waals surface area contributed by atoms with E-state index in [1.54, 1.807) is 30.3 Å². The highest BCUT2D eigenvalue weighted by Crippen LogP contribution is 2.26. The van der Waals surface area contributed by atoms with Crippen molar-refractivity contribution in [3.05, 3.63) is 75.3 Å². The van der Waals surface area contributed by atoms with Crippen LogP contribution in [0.25, 0.3) is 10.9 Å². The summed E-state index contributed by atoms with van der Waals surface area (Å²) >= 11 is 6.10. The first kappa shape index (κ1) is 18.7. The fourth-order valence-electron chi connectivity index (χ4n) is 3.92. The van der Waals surface area contributed by atoms with Gasteiger partial charge >= 0.3 is 0 Å². The maximum Gasteiger partial charge on any atom is 0.258 e. The molecule has 1 aliphatic carbocycles. The summed E-state index contributed by atoms with van der Waals surface area (Å²) in [7, 11) is 0. The van der Waals surface area contributed by atoms with Gasteiger partial charge in [0.15, 0.2) is 0 Å². The van der Waals surface area contributed by atoms with Gasteiger partial charge in [0.05, 0.1) is 17.4 Å². The van der Waals surface area contributed by atoms with Crippen molar-refractivity contribution in [3.63, 3.8) is 0 Å². The molecule has 0 radical (unpaired) electrons. The summed E-state index contributed by atoms with van der Waals surface area (Å²) in [6.07, 6.45) is 5.33. The normalized spacial score (nSPS) is 14.9. The van der Waals surface area contributed by atoms with E-state index in [1.165, 1.54) is 6.42 Å². The predicted octanol–water partition coefficient (Wildman–Crippen LogP) is 4.55. The Morgan fingerprint density at radius 3 is 2.68 bits per heavy atom. The number of amides is 1. The summed E-state index contributed by atoms with van der Waals surface area (Å²) in [5.74, 6) is 0.426. The molecule has 3 aromatic rings. The fourth-order valence-corrected chi connectivity index (χ4v) is 4.11. The first-order valence-corrected chi connectivity index (χ1v) is 10.0. The molecule has 0 atom stereocenters. The molecule has 0 spiro atoms. The summed E-state index contributed by atoms with van der Waals surface area (Å²) in [5, 5.41) is 1.09. The van der Waals surface area contributed by atoms with Gasteiger partial charge in [-0.05, 0) is 43.2 Å². The summed E-state index contributed by atoms with van der Waals surface area (Å²) in [4.78, 5) is 35.0. The van der Waals surface area contributed by atoms with Gasteiger partial charge in [-0.3, -0.25) is 9.59 Å². The molecule has 28 heavy (non-hydrogen) atoms. The molecule has 1 aromatic heterocycles. The monoisotopic (exact) mass is 395 g/mol. The van der Waals surface area contributed by atoms with E-state index in [-0.39, 0.29) is 24.1 Å². The van der Waals surface area contributed by atoms with Gasteiger partial charge in [0, 0.05) is 16.6 Å². The molecule has 1 fully saturated rings. The van der Waals surface area contributed by atoms with Crippen LogP contribution >= 0.6 is 11.6 Å². The van der Waals surface area contributed by atoms with Crippen molar-refractivity contribution < 1.29 is 4.79 Å². The van der Waals surface area contributed by atoms with Crippen molar-refractivity contribution in [2.24, 2.45) is 0 Å². The SMILES string of the molecule is O=C(c1cccc(Cl)c1)N(Cc1nc2ccccc2c(=O)[nH]1)C1CCCCC1. The lowest BCUT2D eigenvalue weighted by molar-refractivity contribution is 0.0607. The van der Waals surface area contributed by atoms with Gasteiger partial charge in [-0.2, -0.15) is 0 Å². The molecule has 6 heteroatoms. The van der Waals surface area contributed by atoms with Gasteiger partial charge in [0.1, 0.15) is 5.82 Å². The number of hydrogen-bond acceptors (Lipinski definition) is 3. The van der Waals surface area contributed by atoms with Crippen LogP contribution in [0.5, 0.6) is 0 Å². The standard InChI is InChI=1S/C22H22ClN3O2/c23-16-8-6-7-15(13-16)22(28)26(17-9-2-1-3-10-17)14-20-24-19-12-5-4-11-18(19)21(27)25-20/h4-8,11-13,17H,1-3,9-10,14H2,(H,24,25,27). The van der Waals surface area contributed by atoms with Crippen molar-refractivity contribution in [2.75, 3.05) is 0 Å². The van der Waals surface area contributed by atoms with Crippen molar-refractivity contribution in [2.45, 2.75) is 44.7 Å². The van der Waals surface area contributed by atoms with E-state index in [4.69, 9.17) is 11.6 Å². The number of nitrogens with zero attached hydrogens (tertiary/aromatic N) is 2. The zero-order valence-electron chi connectivity index (χ0n) is 15.5. The molecule has 0 unspecified atom stereocenters. The Labute approximate surface area is 168 Å². The van der Waals surface area contributed by atoms with Crippen LogP contribution in [0.1, 0.15) is 48.3 Å². The molecule has 1 amide bonds. The molecule has 0 saturated heterocycles. The van der Waals surface area contributed by atoms with Crippen molar-refractivity contribution in [3.8, 4) is 0 Å². The highest BCUT2D eigenvalue weighted by Gasteiger charge is 2.27. The van der Waals surface area contributed by atoms with Gasteiger partial charge in [-0.25, -0.2) is 4.98 Å². The minimum Gasteiger partial charge on any atom is -0.328 e. The topological polar surface area (TPSA) is 66.1 Å². The number of nitrogens with one attached hydrogen (secondary N) is 1. The van der Waals surface area contributed by atoms with E-state index in [0.717, 1.165) is 25.7 Å². The predicted molar refractivity (Wildman–Crippen MR) is 111 cm³/mol. The number of rotatable bonds is 4. The van der Waals surface area contributed by atoms with Gasteiger partial charge in [-0.1, -0.05) is 49.1 Å². The van der Waals surface area contributed by atoms with Crippen molar-refractivity contribution in [1.82, 2.24) is 14.9 Å². The molecule has 2 aromatic carbocycles. The number of carbonyl (C=O) groups excluding carboxylic acids is 1. The minimum atomic E-state index is -0.181. The third-order valence-electron chi connectivity index (χ3n) is 5.33. The minimum absolute atomic E-state index is 0.0785. The summed E-state index contributed by atoms with van der Waals surface area (Å²) in [6.45, 7) is 0.274. The molecule has 5 nitrogen and oxygen atoms in total. The molecule has 1 aliphatic rings. The average molecular weight is 396 g/mol. The third kappa shape index (κ3) is 3.94. The third-order valence-corrected chi connectivity index (χ3v) is 5.57. The number of H-pyrrole nitrogens is 1. The number of carbonyl (C=O) groups is 1. The lowest BCUT2D eigenvalue weighted by Gasteiger charge is -2.34. The molecule has 1 N–H and O–H groups in total. The first-order valence-electron chi connectivity index (χ1n) is 9.66. The van der Waals surface area contributed by atoms with Gasteiger partial charge < -0.3 is 9.88 Å². The molecule has 0 aliphatic heterocycles. The number of aromatic nitrogens is 2. The van der Waals surface area contributed by atoms with Crippen LogP contribution in [-0.2, 0) is 6.54 Å². The van der Waals surface area contributed by atoms with E-state index in [0.29, 0.717) is 27.3 Å².